The average molecular weight is 510 g/mol. The van der Waals surface area contributed by atoms with Crippen molar-refractivity contribution in [1.29, 1.82) is 0 Å². The SMILES string of the molecule is CC1CN(C(=O)c2ccccc2)c2ccccc2N(CC(=O)N(Cc2ccccc2)C2CCCCC2)C1=O. The molecular weight excluding hydrogens is 474 g/mol. The third-order valence-corrected chi connectivity index (χ3v) is 7.70. The van der Waals surface area contributed by atoms with Crippen LogP contribution in [0.5, 0.6) is 0 Å². The van der Waals surface area contributed by atoms with Crippen LogP contribution in [0.25, 0.3) is 0 Å². The molecule has 0 spiro atoms. The van der Waals surface area contributed by atoms with Gasteiger partial charge in [-0.25, -0.2) is 0 Å². The molecule has 1 aliphatic carbocycles. The van der Waals surface area contributed by atoms with Crippen molar-refractivity contribution < 1.29 is 14.4 Å². The summed E-state index contributed by atoms with van der Waals surface area (Å²) in [5, 5.41) is 0. The molecule has 0 saturated heterocycles. The summed E-state index contributed by atoms with van der Waals surface area (Å²) in [4.78, 5) is 46.5. The molecule has 1 aliphatic heterocycles. The Hall–Kier alpha value is -3.93. The van der Waals surface area contributed by atoms with Crippen molar-refractivity contribution in [3.8, 4) is 0 Å². The number of amides is 3. The number of hydrogen-bond donors (Lipinski definition) is 0. The van der Waals surface area contributed by atoms with E-state index in [1.165, 1.54) is 6.42 Å². The minimum Gasteiger partial charge on any atom is -0.334 e. The molecule has 0 aromatic heterocycles. The van der Waals surface area contributed by atoms with Crippen LogP contribution in [0.1, 0.15) is 54.9 Å². The number of benzene rings is 3. The van der Waals surface area contributed by atoms with Crippen molar-refractivity contribution in [2.45, 2.75) is 51.6 Å². The van der Waals surface area contributed by atoms with E-state index in [1.54, 1.807) is 21.9 Å². The molecule has 1 saturated carbocycles. The number of para-hydroxylation sites is 2. The quantitative estimate of drug-likeness (QED) is 0.430. The molecule has 0 N–H and O–H groups in total. The average Bonchev–Trinajstić information content (AvgIpc) is 3.07. The number of rotatable bonds is 6. The first-order valence-corrected chi connectivity index (χ1v) is 13.6. The molecule has 3 aromatic carbocycles. The van der Waals surface area contributed by atoms with Gasteiger partial charge in [-0.1, -0.05) is 86.8 Å². The Bertz CT molecular complexity index is 1270. The molecular formula is C32H35N3O3. The smallest absolute Gasteiger partial charge is 0.258 e. The standard InChI is InChI=1S/C32H35N3O3/c1-24-21-34(32(38)26-15-7-3-8-16-26)28-19-11-12-20-29(28)35(31(24)37)23-30(36)33(27-17-9-4-10-18-27)22-25-13-5-2-6-14-25/h2-3,5-8,11-16,19-20,24,27H,4,9-10,17-18,21-23H2,1H3. The van der Waals surface area contributed by atoms with Gasteiger partial charge in [0.1, 0.15) is 6.54 Å². The van der Waals surface area contributed by atoms with E-state index in [4.69, 9.17) is 0 Å². The van der Waals surface area contributed by atoms with E-state index < -0.39 is 5.92 Å². The van der Waals surface area contributed by atoms with Crippen molar-refractivity contribution in [1.82, 2.24) is 4.90 Å². The number of nitrogens with zero attached hydrogens (tertiary/aromatic N) is 3. The van der Waals surface area contributed by atoms with Crippen LogP contribution in [0.2, 0.25) is 0 Å². The van der Waals surface area contributed by atoms with Crippen molar-refractivity contribution in [2.24, 2.45) is 5.92 Å². The lowest BCUT2D eigenvalue weighted by Gasteiger charge is -2.36. The Labute approximate surface area is 224 Å². The Morgan fingerprint density at radius 2 is 1.42 bits per heavy atom. The maximum Gasteiger partial charge on any atom is 0.258 e. The third kappa shape index (κ3) is 5.49. The molecule has 196 valence electrons. The highest BCUT2D eigenvalue weighted by Crippen LogP contribution is 2.35. The van der Waals surface area contributed by atoms with Gasteiger partial charge in [0.25, 0.3) is 5.91 Å². The van der Waals surface area contributed by atoms with E-state index in [2.05, 4.69) is 0 Å². The molecule has 5 rings (SSSR count). The number of carbonyl (C=O) groups excluding carboxylic acids is 3. The first kappa shape index (κ1) is 25.7. The van der Waals surface area contributed by atoms with Crippen LogP contribution in [0, 0.1) is 5.92 Å². The zero-order valence-corrected chi connectivity index (χ0v) is 22.0. The number of fused-ring (bicyclic) bond motifs is 1. The van der Waals surface area contributed by atoms with Gasteiger partial charge in [-0.05, 0) is 42.7 Å². The van der Waals surface area contributed by atoms with Crippen molar-refractivity contribution in [2.75, 3.05) is 22.9 Å². The molecule has 1 heterocycles. The first-order valence-electron chi connectivity index (χ1n) is 13.6. The maximum atomic E-state index is 14.0. The van der Waals surface area contributed by atoms with Crippen LogP contribution in [-0.2, 0) is 16.1 Å². The second-order valence-corrected chi connectivity index (χ2v) is 10.4. The fourth-order valence-corrected chi connectivity index (χ4v) is 5.67. The van der Waals surface area contributed by atoms with Gasteiger partial charge in [0.2, 0.25) is 11.8 Å². The van der Waals surface area contributed by atoms with Crippen LogP contribution >= 0.6 is 0 Å². The van der Waals surface area contributed by atoms with Crippen LogP contribution in [-0.4, -0.2) is 41.8 Å². The van der Waals surface area contributed by atoms with Crippen molar-refractivity contribution >= 4 is 29.1 Å². The maximum absolute atomic E-state index is 14.0. The molecule has 0 bridgehead atoms. The topological polar surface area (TPSA) is 60.9 Å². The Balaban J connectivity index is 1.46. The predicted molar refractivity (Wildman–Crippen MR) is 150 cm³/mol. The lowest BCUT2D eigenvalue weighted by molar-refractivity contribution is -0.135. The van der Waals surface area contributed by atoms with E-state index in [1.807, 2.05) is 84.6 Å². The van der Waals surface area contributed by atoms with E-state index in [-0.39, 0.29) is 36.9 Å². The highest BCUT2D eigenvalue weighted by molar-refractivity contribution is 6.12. The summed E-state index contributed by atoms with van der Waals surface area (Å²) < 4.78 is 0. The van der Waals surface area contributed by atoms with E-state index in [9.17, 15) is 14.4 Å². The zero-order valence-electron chi connectivity index (χ0n) is 22.0. The molecule has 6 heteroatoms. The van der Waals surface area contributed by atoms with Gasteiger partial charge in [0, 0.05) is 24.7 Å². The summed E-state index contributed by atoms with van der Waals surface area (Å²) in [7, 11) is 0. The summed E-state index contributed by atoms with van der Waals surface area (Å²) in [5.74, 6) is -0.810. The molecule has 6 nitrogen and oxygen atoms in total. The highest BCUT2D eigenvalue weighted by Gasteiger charge is 2.36. The minimum atomic E-state index is -0.458. The molecule has 2 aliphatic rings. The van der Waals surface area contributed by atoms with Gasteiger partial charge in [-0.2, -0.15) is 0 Å². The largest absolute Gasteiger partial charge is 0.334 e. The minimum absolute atomic E-state index is 0.0448. The monoisotopic (exact) mass is 509 g/mol. The zero-order chi connectivity index (χ0) is 26.5. The summed E-state index contributed by atoms with van der Waals surface area (Å²) in [6.07, 6.45) is 5.40. The molecule has 1 atom stereocenters. The lowest BCUT2D eigenvalue weighted by Crippen LogP contribution is -2.48. The lowest BCUT2D eigenvalue weighted by atomic mass is 9.93. The van der Waals surface area contributed by atoms with Gasteiger partial charge in [-0.15, -0.1) is 0 Å². The fourth-order valence-electron chi connectivity index (χ4n) is 5.67. The molecule has 38 heavy (non-hydrogen) atoms. The number of hydrogen-bond acceptors (Lipinski definition) is 3. The third-order valence-electron chi connectivity index (χ3n) is 7.70. The van der Waals surface area contributed by atoms with Gasteiger partial charge in [0.15, 0.2) is 0 Å². The Morgan fingerprint density at radius 3 is 2.11 bits per heavy atom. The molecule has 3 amide bonds. The molecule has 0 radical (unpaired) electrons. The summed E-state index contributed by atoms with van der Waals surface area (Å²) >= 11 is 0. The van der Waals surface area contributed by atoms with Crippen molar-refractivity contribution in [3.63, 3.8) is 0 Å². The van der Waals surface area contributed by atoms with Gasteiger partial charge in [0.05, 0.1) is 17.3 Å². The van der Waals surface area contributed by atoms with Gasteiger partial charge < -0.3 is 14.7 Å². The Morgan fingerprint density at radius 1 is 0.816 bits per heavy atom. The number of carbonyl (C=O) groups is 3. The normalized spacial score (nSPS) is 18.0. The number of anilines is 2. The summed E-state index contributed by atoms with van der Waals surface area (Å²) in [5.41, 5.74) is 2.90. The molecule has 3 aromatic rings. The Kier molecular flexibility index (Phi) is 7.87. The molecule has 1 unspecified atom stereocenters. The first-order chi connectivity index (χ1) is 18.5. The summed E-state index contributed by atoms with van der Waals surface area (Å²) in [6.45, 7) is 2.57. The van der Waals surface area contributed by atoms with Crippen LogP contribution in [0.15, 0.2) is 84.9 Å². The van der Waals surface area contributed by atoms with E-state index in [0.717, 1.165) is 31.2 Å². The van der Waals surface area contributed by atoms with Gasteiger partial charge >= 0.3 is 0 Å². The van der Waals surface area contributed by atoms with Crippen LogP contribution in [0.3, 0.4) is 0 Å². The van der Waals surface area contributed by atoms with E-state index >= 15 is 0 Å². The summed E-state index contributed by atoms with van der Waals surface area (Å²) in [6, 6.07) is 26.8. The highest BCUT2D eigenvalue weighted by atomic mass is 16.2. The second-order valence-electron chi connectivity index (χ2n) is 10.4. The fraction of sp³-hybridized carbons (Fsp3) is 0.344. The predicted octanol–water partition coefficient (Wildman–Crippen LogP) is 5.68. The van der Waals surface area contributed by atoms with Gasteiger partial charge in [-0.3, -0.25) is 14.4 Å². The van der Waals surface area contributed by atoms with Crippen LogP contribution < -0.4 is 9.80 Å². The van der Waals surface area contributed by atoms with E-state index in [0.29, 0.717) is 23.5 Å². The van der Waals surface area contributed by atoms with Crippen LogP contribution in [0.4, 0.5) is 11.4 Å². The molecule has 1 fully saturated rings. The van der Waals surface area contributed by atoms with Crippen molar-refractivity contribution in [3.05, 3.63) is 96.1 Å². The second kappa shape index (κ2) is 11.6.